The Bertz CT molecular complexity index is 1240. The molecule has 0 saturated heterocycles. The van der Waals surface area contributed by atoms with Crippen LogP contribution in [0.25, 0.3) is 10.9 Å². The number of fused-ring (bicyclic) bond motifs is 1. The topological polar surface area (TPSA) is 120 Å². The van der Waals surface area contributed by atoms with E-state index < -0.39 is 23.2 Å². The lowest BCUT2D eigenvalue weighted by Gasteiger charge is -2.30. The molecule has 2 amide bonds. The number of aliphatic hydroxyl groups excluding tert-OH is 1. The van der Waals surface area contributed by atoms with Crippen LogP contribution in [0.5, 0.6) is 0 Å². The van der Waals surface area contributed by atoms with Crippen molar-refractivity contribution in [3.8, 4) is 6.07 Å². The molecule has 9 heteroatoms. The van der Waals surface area contributed by atoms with Crippen LogP contribution in [0, 0.1) is 22.6 Å². The maximum Gasteiger partial charge on any atom is 0.273 e. The molecule has 8 nitrogen and oxygen atoms in total. The molecule has 0 aliphatic rings. The third-order valence-electron chi connectivity index (χ3n) is 5.41. The number of halogens is 1. The van der Waals surface area contributed by atoms with E-state index in [1.54, 1.807) is 24.3 Å². The number of rotatable bonds is 8. The molecule has 1 aromatic heterocycles. The van der Waals surface area contributed by atoms with Gasteiger partial charge in [-0.05, 0) is 30.0 Å². The van der Waals surface area contributed by atoms with Gasteiger partial charge in [-0.25, -0.2) is 4.39 Å². The Labute approximate surface area is 197 Å². The Morgan fingerprint density at radius 1 is 1.24 bits per heavy atom. The monoisotopic (exact) mass is 465 g/mol. The minimum absolute atomic E-state index is 0.0456. The summed E-state index contributed by atoms with van der Waals surface area (Å²) in [6, 6.07) is 12.4. The van der Waals surface area contributed by atoms with Crippen molar-refractivity contribution in [3.63, 3.8) is 0 Å². The number of hydrogen-bond acceptors (Lipinski definition) is 5. The predicted molar refractivity (Wildman–Crippen MR) is 125 cm³/mol. The van der Waals surface area contributed by atoms with Gasteiger partial charge < -0.3 is 15.7 Å². The molecular formula is C25H28FN5O3. The summed E-state index contributed by atoms with van der Waals surface area (Å²) in [7, 11) is 0. The first-order valence-electron chi connectivity index (χ1n) is 11.0. The summed E-state index contributed by atoms with van der Waals surface area (Å²) in [5.41, 5.74) is 0.730. The first kappa shape index (κ1) is 24.9. The summed E-state index contributed by atoms with van der Waals surface area (Å²) in [6.07, 6.45) is 0.414. The molecule has 1 unspecified atom stereocenters. The van der Waals surface area contributed by atoms with Gasteiger partial charge in [-0.15, -0.1) is 0 Å². The van der Waals surface area contributed by atoms with Crippen LogP contribution in [0.1, 0.15) is 48.8 Å². The van der Waals surface area contributed by atoms with Crippen LogP contribution >= 0.6 is 0 Å². The molecule has 3 rings (SSSR count). The zero-order valence-corrected chi connectivity index (χ0v) is 19.4. The minimum atomic E-state index is -0.835. The van der Waals surface area contributed by atoms with Crippen LogP contribution in [0.2, 0.25) is 0 Å². The minimum Gasteiger partial charge on any atom is -0.396 e. The van der Waals surface area contributed by atoms with Gasteiger partial charge in [0.05, 0.1) is 23.7 Å². The molecule has 178 valence electrons. The van der Waals surface area contributed by atoms with Gasteiger partial charge in [-0.3, -0.25) is 14.3 Å². The lowest BCUT2D eigenvalue weighted by molar-refractivity contribution is -0.125. The zero-order valence-electron chi connectivity index (χ0n) is 19.4. The summed E-state index contributed by atoms with van der Waals surface area (Å²) in [4.78, 5) is 26.0. The van der Waals surface area contributed by atoms with E-state index in [1.165, 1.54) is 16.8 Å². The predicted octanol–water partition coefficient (Wildman–Crippen LogP) is 2.74. The van der Waals surface area contributed by atoms with E-state index in [4.69, 9.17) is 10.4 Å². The van der Waals surface area contributed by atoms with Gasteiger partial charge >= 0.3 is 0 Å². The molecule has 0 aliphatic heterocycles. The molecule has 0 radical (unpaired) electrons. The molecule has 1 atom stereocenters. The first-order chi connectivity index (χ1) is 16.2. The second-order valence-corrected chi connectivity index (χ2v) is 9.08. The normalized spacial score (nSPS) is 12.2. The number of nitriles is 1. The smallest absolute Gasteiger partial charge is 0.273 e. The lowest BCUT2D eigenvalue weighted by Crippen LogP contribution is -2.53. The van der Waals surface area contributed by atoms with Gasteiger partial charge in [0.25, 0.3) is 5.91 Å². The van der Waals surface area contributed by atoms with Gasteiger partial charge in [-0.2, -0.15) is 10.4 Å². The number of nitrogens with zero attached hydrogens (tertiary/aromatic N) is 3. The van der Waals surface area contributed by atoms with E-state index >= 15 is 0 Å². The Balaban J connectivity index is 1.91. The van der Waals surface area contributed by atoms with Crippen LogP contribution in [0.4, 0.5) is 4.39 Å². The molecule has 2 aromatic carbocycles. The van der Waals surface area contributed by atoms with E-state index in [2.05, 4.69) is 15.7 Å². The van der Waals surface area contributed by atoms with Gasteiger partial charge in [0.2, 0.25) is 5.91 Å². The highest BCUT2D eigenvalue weighted by molar-refractivity contribution is 6.06. The number of para-hydroxylation sites is 1. The number of amides is 2. The van der Waals surface area contributed by atoms with Crippen molar-refractivity contribution in [2.45, 2.75) is 39.8 Å². The Hall–Kier alpha value is -3.77. The van der Waals surface area contributed by atoms with Crippen molar-refractivity contribution in [3.05, 3.63) is 65.1 Å². The summed E-state index contributed by atoms with van der Waals surface area (Å²) in [5.74, 6) is -1.40. The fraction of sp³-hybridized carbons (Fsp3) is 0.360. The van der Waals surface area contributed by atoms with Crippen LogP contribution in [-0.2, 0) is 11.3 Å². The summed E-state index contributed by atoms with van der Waals surface area (Å²) in [5, 5.41) is 28.5. The number of carbonyl (C=O) groups excluding carboxylic acids is 2. The van der Waals surface area contributed by atoms with Crippen LogP contribution in [0.15, 0.2) is 42.5 Å². The summed E-state index contributed by atoms with van der Waals surface area (Å²) >= 11 is 0. The molecule has 3 aromatic rings. The average Bonchev–Trinajstić information content (AvgIpc) is 3.16. The van der Waals surface area contributed by atoms with E-state index in [9.17, 15) is 14.0 Å². The van der Waals surface area contributed by atoms with Gasteiger partial charge in [-0.1, -0.05) is 45.0 Å². The van der Waals surface area contributed by atoms with Gasteiger partial charge in [0.15, 0.2) is 5.69 Å². The average molecular weight is 466 g/mol. The second-order valence-electron chi connectivity index (χ2n) is 9.08. The van der Waals surface area contributed by atoms with Crippen molar-refractivity contribution in [2.75, 3.05) is 13.2 Å². The third-order valence-corrected chi connectivity index (χ3v) is 5.41. The van der Waals surface area contributed by atoms with Crippen molar-refractivity contribution in [1.82, 2.24) is 20.4 Å². The van der Waals surface area contributed by atoms with Crippen molar-refractivity contribution >= 4 is 22.7 Å². The number of aliphatic hydroxyl groups is 1. The number of nitrogens with one attached hydrogen (secondary N) is 2. The van der Waals surface area contributed by atoms with E-state index in [0.29, 0.717) is 29.4 Å². The van der Waals surface area contributed by atoms with Gasteiger partial charge in [0, 0.05) is 24.1 Å². The lowest BCUT2D eigenvalue weighted by atomic mass is 9.86. The second kappa shape index (κ2) is 10.4. The Morgan fingerprint density at radius 2 is 1.97 bits per heavy atom. The fourth-order valence-corrected chi connectivity index (χ4v) is 3.59. The van der Waals surface area contributed by atoms with Crippen LogP contribution in [0.3, 0.4) is 0 Å². The zero-order chi connectivity index (χ0) is 24.9. The first-order valence-corrected chi connectivity index (χ1v) is 11.0. The largest absolute Gasteiger partial charge is 0.396 e. The van der Waals surface area contributed by atoms with E-state index in [1.807, 2.05) is 26.8 Å². The highest BCUT2D eigenvalue weighted by Gasteiger charge is 2.34. The Kier molecular flexibility index (Phi) is 7.64. The standard InChI is InChI=1S/C25H28FN5O3/c1-25(2,3)22(24(34)28-11-6-12-32)29-23(33)21-18-7-4-5-8-20(18)31(30-21)15-17-10-9-16(14-27)13-19(17)26/h4-5,7-10,13,22,32H,6,11-12,15H2,1-3H3,(H,28,34)(H,29,33). The highest BCUT2D eigenvalue weighted by Crippen LogP contribution is 2.23. The maximum atomic E-state index is 14.5. The van der Waals surface area contributed by atoms with Crippen molar-refractivity contribution < 1.29 is 19.1 Å². The summed E-state index contributed by atoms with van der Waals surface area (Å²) < 4.78 is 16.0. The summed E-state index contributed by atoms with van der Waals surface area (Å²) in [6.45, 7) is 5.84. The molecule has 0 bridgehead atoms. The number of hydrogen-bond donors (Lipinski definition) is 3. The number of aromatic nitrogens is 2. The van der Waals surface area contributed by atoms with Crippen molar-refractivity contribution in [2.24, 2.45) is 5.41 Å². The third kappa shape index (κ3) is 5.58. The molecule has 0 aliphatic carbocycles. The van der Waals surface area contributed by atoms with Crippen molar-refractivity contribution in [1.29, 1.82) is 5.26 Å². The highest BCUT2D eigenvalue weighted by atomic mass is 19.1. The van der Waals surface area contributed by atoms with Crippen LogP contribution < -0.4 is 10.6 Å². The van der Waals surface area contributed by atoms with E-state index in [0.717, 1.165) is 6.07 Å². The quantitative estimate of drug-likeness (QED) is 0.442. The maximum absolute atomic E-state index is 14.5. The molecule has 1 heterocycles. The molecule has 0 saturated carbocycles. The van der Waals surface area contributed by atoms with Crippen LogP contribution in [-0.4, -0.2) is 45.9 Å². The van der Waals surface area contributed by atoms with E-state index in [-0.39, 0.29) is 30.3 Å². The molecular weight excluding hydrogens is 437 g/mol. The number of carbonyl (C=O) groups is 2. The fourth-order valence-electron chi connectivity index (χ4n) is 3.59. The number of benzene rings is 2. The Morgan fingerprint density at radius 3 is 2.62 bits per heavy atom. The SMILES string of the molecule is CC(C)(C)C(NC(=O)c1nn(Cc2ccc(C#N)cc2F)c2ccccc12)C(=O)NCCCO. The molecule has 0 fully saturated rings. The molecule has 0 spiro atoms. The molecule has 3 N–H and O–H groups in total. The molecule has 34 heavy (non-hydrogen) atoms. The van der Waals surface area contributed by atoms with Gasteiger partial charge in [0.1, 0.15) is 11.9 Å².